The molecule has 0 spiro atoms. The van der Waals surface area contributed by atoms with E-state index in [-0.39, 0.29) is 12.5 Å². The van der Waals surface area contributed by atoms with E-state index >= 15 is 0 Å². The highest BCUT2D eigenvalue weighted by atomic mass is 16.6. The average Bonchev–Trinajstić information content (AvgIpc) is 3.10. The molecule has 150 valence electrons. The number of para-hydroxylation sites is 1. The van der Waals surface area contributed by atoms with Crippen molar-refractivity contribution in [3.63, 3.8) is 0 Å². The minimum atomic E-state index is -0.455. The maximum Gasteiger partial charge on any atom is 0.343 e. The topological polar surface area (TPSA) is 77.8 Å². The van der Waals surface area contributed by atoms with Crippen molar-refractivity contribution in [2.75, 3.05) is 19.0 Å². The summed E-state index contributed by atoms with van der Waals surface area (Å²) in [5, 5.41) is 3.84. The zero-order valence-corrected chi connectivity index (χ0v) is 16.7. The van der Waals surface area contributed by atoms with Crippen LogP contribution in [-0.4, -0.2) is 25.6 Å². The largest absolute Gasteiger partial charge is 0.482 e. The third-order valence-electron chi connectivity index (χ3n) is 4.47. The minimum absolute atomic E-state index is 0.164. The average molecular weight is 393 g/mol. The van der Waals surface area contributed by atoms with E-state index in [1.165, 1.54) is 13.2 Å². The Bertz CT molecular complexity index is 1060. The number of hydrogen-bond donors (Lipinski definition) is 1. The van der Waals surface area contributed by atoms with Crippen molar-refractivity contribution in [1.82, 2.24) is 0 Å². The van der Waals surface area contributed by atoms with Crippen LogP contribution in [0.1, 0.15) is 23.8 Å². The lowest BCUT2D eigenvalue weighted by Gasteiger charge is -2.10. The van der Waals surface area contributed by atoms with Crippen molar-refractivity contribution in [2.24, 2.45) is 0 Å². The second kappa shape index (κ2) is 9.10. The van der Waals surface area contributed by atoms with Gasteiger partial charge in [-0.15, -0.1) is 0 Å². The molecule has 29 heavy (non-hydrogen) atoms. The number of furan rings is 1. The molecule has 3 rings (SSSR count). The molecule has 6 heteroatoms. The van der Waals surface area contributed by atoms with Crippen LogP contribution in [0.2, 0.25) is 0 Å². The number of hydrogen-bond acceptors (Lipinski definition) is 5. The Kier molecular flexibility index (Phi) is 6.34. The lowest BCUT2D eigenvalue weighted by atomic mass is 10.1. The van der Waals surface area contributed by atoms with Crippen molar-refractivity contribution >= 4 is 34.6 Å². The third-order valence-corrected chi connectivity index (χ3v) is 4.47. The van der Waals surface area contributed by atoms with Crippen LogP contribution < -0.4 is 10.1 Å². The number of esters is 1. The van der Waals surface area contributed by atoms with Gasteiger partial charge in [-0.2, -0.15) is 0 Å². The first-order valence-electron chi connectivity index (χ1n) is 9.31. The molecule has 1 amide bonds. The summed E-state index contributed by atoms with van der Waals surface area (Å²) in [4.78, 5) is 23.6. The van der Waals surface area contributed by atoms with Gasteiger partial charge in [0.05, 0.1) is 7.11 Å². The lowest BCUT2D eigenvalue weighted by molar-refractivity contribution is -0.142. The Hall–Kier alpha value is -3.54. The molecular weight excluding hydrogens is 370 g/mol. The molecule has 0 radical (unpaired) electrons. The van der Waals surface area contributed by atoms with Gasteiger partial charge in [-0.1, -0.05) is 25.1 Å². The minimum Gasteiger partial charge on any atom is -0.482 e. The monoisotopic (exact) mass is 393 g/mol. The van der Waals surface area contributed by atoms with Gasteiger partial charge in [-0.25, -0.2) is 4.79 Å². The van der Waals surface area contributed by atoms with E-state index in [1.54, 1.807) is 24.3 Å². The number of aryl methyl sites for hydroxylation is 2. The summed E-state index contributed by atoms with van der Waals surface area (Å²) >= 11 is 0. The highest BCUT2D eigenvalue weighted by molar-refractivity contribution is 6.04. The highest BCUT2D eigenvalue weighted by Crippen LogP contribution is 2.27. The predicted octanol–water partition coefficient (Wildman–Crippen LogP) is 4.51. The van der Waals surface area contributed by atoms with Crippen molar-refractivity contribution in [3.05, 3.63) is 65.4 Å². The number of amides is 1. The molecule has 0 bridgehead atoms. The molecule has 1 heterocycles. The second-order valence-electron chi connectivity index (χ2n) is 6.45. The van der Waals surface area contributed by atoms with Gasteiger partial charge in [-0.3, -0.25) is 4.79 Å². The third kappa shape index (κ3) is 4.85. The van der Waals surface area contributed by atoms with E-state index in [0.717, 1.165) is 34.3 Å². The molecule has 1 aromatic heterocycles. The summed E-state index contributed by atoms with van der Waals surface area (Å²) in [6.07, 6.45) is 4.02. The summed E-state index contributed by atoms with van der Waals surface area (Å²) in [5.74, 6) is 0.671. The van der Waals surface area contributed by atoms with E-state index < -0.39 is 5.97 Å². The predicted molar refractivity (Wildman–Crippen MR) is 112 cm³/mol. The maximum atomic E-state index is 12.4. The number of ether oxygens (including phenoxy) is 2. The Morgan fingerprint density at radius 2 is 1.97 bits per heavy atom. The standard InChI is InChI=1S/C23H23NO5/c1-4-20-18(17-7-5-6-8-21(17)29-20)10-12-22(25)24-19-11-9-16(13-15(19)2)28-14-23(26)27-3/h5-13H,4,14H2,1-3H3,(H,24,25)/b12-10+. The van der Waals surface area contributed by atoms with Crippen LogP contribution in [0.25, 0.3) is 17.0 Å². The molecule has 3 aromatic rings. The number of benzene rings is 2. The summed E-state index contributed by atoms with van der Waals surface area (Å²) in [6, 6.07) is 12.9. The summed E-state index contributed by atoms with van der Waals surface area (Å²) in [7, 11) is 1.30. The number of methoxy groups -OCH3 is 1. The van der Waals surface area contributed by atoms with Gasteiger partial charge in [-0.05, 0) is 42.8 Å². The fourth-order valence-electron chi connectivity index (χ4n) is 2.96. The molecule has 0 fully saturated rings. The van der Waals surface area contributed by atoms with E-state index in [9.17, 15) is 9.59 Å². The SMILES string of the molecule is CCc1oc2ccccc2c1/C=C/C(=O)Nc1ccc(OCC(=O)OC)cc1C. The summed E-state index contributed by atoms with van der Waals surface area (Å²) in [6.45, 7) is 3.70. The van der Waals surface area contributed by atoms with Gasteiger partial charge < -0.3 is 19.2 Å². The molecule has 2 aromatic carbocycles. The normalized spacial score (nSPS) is 11.0. The van der Waals surface area contributed by atoms with E-state index in [4.69, 9.17) is 9.15 Å². The van der Waals surface area contributed by atoms with Gasteiger partial charge in [0.2, 0.25) is 5.91 Å². The molecule has 1 N–H and O–H groups in total. The van der Waals surface area contributed by atoms with Crippen LogP contribution in [-0.2, 0) is 20.7 Å². The first-order valence-corrected chi connectivity index (χ1v) is 9.31. The lowest BCUT2D eigenvalue weighted by Crippen LogP contribution is -2.13. The van der Waals surface area contributed by atoms with E-state index in [0.29, 0.717) is 11.4 Å². The molecular formula is C23H23NO5. The molecule has 0 unspecified atom stereocenters. The number of fused-ring (bicyclic) bond motifs is 1. The maximum absolute atomic E-state index is 12.4. The fourth-order valence-corrected chi connectivity index (χ4v) is 2.96. The van der Waals surface area contributed by atoms with Crippen LogP contribution in [0.3, 0.4) is 0 Å². The molecule has 0 saturated carbocycles. The Morgan fingerprint density at radius 3 is 2.69 bits per heavy atom. The number of carbonyl (C=O) groups excluding carboxylic acids is 2. The zero-order chi connectivity index (χ0) is 20.8. The van der Waals surface area contributed by atoms with E-state index in [1.807, 2.05) is 38.1 Å². The number of anilines is 1. The van der Waals surface area contributed by atoms with Gasteiger partial charge in [0.1, 0.15) is 17.1 Å². The van der Waals surface area contributed by atoms with Gasteiger partial charge in [0.15, 0.2) is 6.61 Å². The smallest absolute Gasteiger partial charge is 0.343 e. The van der Waals surface area contributed by atoms with Crippen molar-refractivity contribution < 1.29 is 23.5 Å². The Morgan fingerprint density at radius 1 is 1.17 bits per heavy atom. The number of rotatable bonds is 7. The van der Waals surface area contributed by atoms with Crippen LogP contribution in [0.4, 0.5) is 5.69 Å². The van der Waals surface area contributed by atoms with Crippen molar-refractivity contribution in [3.8, 4) is 5.75 Å². The molecule has 0 saturated heterocycles. The quantitative estimate of drug-likeness (QED) is 0.472. The fraction of sp³-hybridized carbons (Fsp3) is 0.217. The number of carbonyl (C=O) groups is 2. The summed E-state index contributed by atoms with van der Waals surface area (Å²) in [5.41, 5.74) is 3.21. The van der Waals surface area contributed by atoms with Crippen molar-refractivity contribution in [1.29, 1.82) is 0 Å². The van der Waals surface area contributed by atoms with Crippen LogP contribution >= 0.6 is 0 Å². The number of nitrogens with one attached hydrogen (secondary N) is 1. The van der Waals surface area contributed by atoms with E-state index in [2.05, 4.69) is 10.1 Å². The van der Waals surface area contributed by atoms with Crippen LogP contribution in [0, 0.1) is 6.92 Å². The van der Waals surface area contributed by atoms with Crippen LogP contribution in [0.15, 0.2) is 53.0 Å². The molecule has 0 aliphatic carbocycles. The first kappa shape index (κ1) is 20.2. The molecule has 0 aliphatic rings. The highest BCUT2D eigenvalue weighted by Gasteiger charge is 2.11. The van der Waals surface area contributed by atoms with Crippen molar-refractivity contribution in [2.45, 2.75) is 20.3 Å². The Balaban J connectivity index is 1.70. The van der Waals surface area contributed by atoms with Crippen LogP contribution in [0.5, 0.6) is 5.75 Å². The van der Waals surface area contributed by atoms with Gasteiger partial charge >= 0.3 is 5.97 Å². The molecule has 0 aliphatic heterocycles. The molecule has 0 atom stereocenters. The zero-order valence-electron chi connectivity index (χ0n) is 16.7. The Labute approximate surface area is 169 Å². The van der Waals surface area contributed by atoms with Gasteiger partial charge in [0.25, 0.3) is 0 Å². The second-order valence-corrected chi connectivity index (χ2v) is 6.45. The summed E-state index contributed by atoms with van der Waals surface area (Å²) < 4.78 is 15.7. The molecule has 6 nitrogen and oxygen atoms in total. The first-order chi connectivity index (χ1) is 14.0. The van der Waals surface area contributed by atoms with Gasteiger partial charge in [0, 0.05) is 29.1 Å².